The second-order valence-corrected chi connectivity index (χ2v) is 4.82. The highest BCUT2D eigenvalue weighted by Gasteiger charge is 2.50. The van der Waals surface area contributed by atoms with Crippen molar-refractivity contribution in [1.82, 2.24) is 0 Å². The highest BCUT2D eigenvalue weighted by molar-refractivity contribution is 5.98. The molecule has 0 aromatic carbocycles. The van der Waals surface area contributed by atoms with Crippen LogP contribution in [0.5, 0.6) is 0 Å². The number of fused-ring (bicyclic) bond motifs is 2. The molecule has 2 aliphatic rings. The van der Waals surface area contributed by atoms with Crippen molar-refractivity contribution < 1.29 is 4.79 Å². The van der Waals surface area contributed by atoms with E-state index in [9.17, 15) is 4.79 Å². The molecule has 2 fully saturated rings. The average Bonchev–Trinajstić information content (AvgIpc) is 2.14. The summed E-state index contributed by atoms with van der Waals surface area (Å²) in [6, 6.07) is 0. The van der Waals surface area contributed by atoms with E-state index in [1.54, 1.807) is 0 Å². The Labute approximate surface area is 73.8 Å². The predicted molar refractivity (Wildman–Crippen MR) is 48.8 cm³/mol. The van der Waals surface area contributed by atoms with E-state index >= 15 is 0 Å². The van der Waals surface area contributed by atoms with Crippen LogP contribution in [0.25, 0.3) is 0 Å². The van der Waals surface area contributed by atoms with E-state index in [0.29, 0.717) is 11.7 Å². The van der Waals surface area contributed by atoms with Gasteiger partial charge < -0.3 is 0 Å². The van der Waals surface area contributed by atoms with Gasteiger partial charge in [0.1, 0.15) is 0 Å². The fraction of sp³-hybridized carbons (Fsp3) is 0.727. The van der Waals surface area contributed by atoms with Gasteiger partial charge in [-0.3, -0.25) is 4.79 Å². The van der Waals surface area contributed by atoms with Gasteiger partial charge in [-0.05, 0) is 36.2 Å². The van der Waals surface area contributed by atoms with Crippen LogP contribution in [0.4, 0.5) is 0 Å². The smallest absolute Gasteiger partial charge is 0.161 e. The molecule has 12 heavy (non-hydrogen) atoms. The monoisotopic (exact) mass is 164 g/mol. The van der Waals surface area contributed by atoms with Gasteiger partial charge in [-0.25, -0.2) is 0 Å². The van der Waals surface area contributed by atoms with E-state index in [1.807, 2.05) is 0 Å². The van der Waals surface area contributed by atoms with Crippen LogP contribution < -0.4 is 0 Å². The first kappa shape index (κ1) is 8.03. The predicted octanol–water partition coefficient (Wildman–Crippen LogP) is 2.57. The first-order valence-corrected chi connectivity index (χ1v) is 4.75. The number of carbonyl (C=O) groups is 1. The molecule has 0 N–H and O–H groups in total. The zero-order valence-corrected chi connectivity index (χ0v) is 7.89. The quantitative estimate of drug-likeness (QED) is 0.503. The lowest BCUT2D eigenvalue weighted by molar-refractivity contribution is -0.124. The summed E-state index contributed by atoms with van der Waals surface area (Å²) < 4.78 is 0. The third kappa shape index (κ3) is 0.825. The van der Waals surface area contributed by atoms with Crippen molar-refractivity contribution >= 4 is 5.78 Å². The maximum Gasteiger partial charge on any atom is 0.161 e. The third-order valence-electron chi connectivity index (χ3n) is 3.91. The van der Waals surface area contributed by atoms with Gasteiger partial charge in [0.15, 0.2) is 5.78 Å². The van der Waals surface area contributed by atoms with Gasteiger partial charge in [0, 0.05) is 5.92 Å². The van der Waals surface area contributed by atoms with Gasteiger partial charge in [-0.2, -0.15) is 0 Å². The molecule has 2 saturated carbocycles. The van der Waals surface area contributed by atoms with Crippen LogP contribution in [0.15, 0.2) is 12.2 Å². The Balaban J connectivity index is 2.38. The zero-order valence-electron chi connectivity index (χ0n) is 7.89. The van der Waals surface area contributed by atoms with E-state index in [0.717, 1.165) is 18.4 Å². The normalized spacial score (nSPS) is 38.8. The summed E-state index contributed by atoms with van der Waals surface area (Å²) in [4.78, 5) is 11.7. The number of carbonyl (C=O) groups excluding carboxylic acids is 1. The number of ketones is 1. The Morgan fingerprint density at radius 1 is 1.42 bits per heavy atom. The second kappa shape index (κ2) is 2.21. The number of hydrogen-bond acceptors (Lipinski definition) is 1. The Hall–Kier alpha value is -0.590. The molecule has 0 aromatic rings. The van der Waals surface area contributed by atoms with Gasteiger partial charge in [0.25, 0.3) is 0 Å². The molecule has 2 atom stereocenters. The summed E-state index contributed by atoms with van der Waals surface area (Å²) in [5, 5.41) is 0. The molecule has 0 saturated heterocycles. The molecule has 0 aliphatic heterocycles. The van der Waals surface area contributed by atoms with Gasteiger partial charge in [-0.1, -0.05) is 20.4 Å². The Bertz CT molecular complexity index is 250. The molecule has 2 rings (SSSR count). The lowest BCUT2D eigenvalue weighted by Gasteiger charge is -2.37. The van der Waals surface area contributed by atoms with Crippen LogP contribution in [-0.2, 0) is 4.79 Å². The van der Waals surface area contributed by atoms with Gasteiger partial charge >= 0.3 is 0 Å². The maximum atomic E-state index is 11.7. The van der Waals surface area contributed by atoms with E-state index in [1.165, 1.54) is 6.42 Å². The maximum absolute atomic E-state index is 11.7. The molecule has 2 aliphatic carbocycles. The van der Waals surface area contributed by atoms with Crippen LogP contribution in [0.2, 0.25) is 0 Å². The molecule has 0 spiro atoms. The zero-order chi connectivity index (χ0) is 8.93. The third-order valence-corrected chi connectivity index (χ3v) is 3.91. The van der Waals surface area contributed by atoms with Crippen LogP contribution in [0.3, 0.4) is 0 Å². The first-order chi connectivity index (χ1) is 5.53. The van der Waals surface area contributed by atoms with Crippen LogP contribution in [0, 0.1) is 17.3 Å². The highest BCUT2D eigenvalue weighted by atomic mass is 16.1. The SMILES string of the molecule is C=C1CC2CCC(C1=O)C2(C)C. The van der Waals surface area contributed by atoms with E-state index in [-0.39, 0.29) is 11.3 Å². The molecule has 0 radical (unpaired) electrons. The Morgan fingerprint density at radius 2 is 2.08 bits per heavy atom. The number of rotatable bonds is 0. The van der Waals surface area contributed by atoms with Gasteiger partial charge in [0.2, 0.25) is 0 Å². The fourth-order valence-corrected chi connectivity index (χ4v) is 2.87. The lowest BCUT2D eigenvalue weighted by Crippen LogP contribution is -2.36. The van der Waals surface area contributed by atoms with Crippen LogP contribution in [0.1, 0.15) is 33.1 Å². The Morgan fingerprint density at radius 3 is 2.75 bits per heavy atom. The fourth-order valence-electron chi connectivity index (χ4n) is 2.87. The summed E-state index contributed by atoms with van der Waals surface area (Å²) in [6.45, 7) is 8.32. The lowest BCUT2D eigenvalue weighted by atomic mass is 9.66. The molecule has 1 heteroatoms. The van der Waals surface area contributed by atoms with Crippen molar-refractivity contribution in [2.45, 2.75) is 33.1 Å². The molecule has 0 aromatic heterocycles. The summed E-state index contributed by atoms with van der Waals surface area (Å²) >= 11 is 0. The summed E-state index contributed by atoms with van der Waals surface area (Å²) in [6.07, 6.45) is 3.26. The molecule has 1 nitrogen and oxygen atoms in total. The first-order valence-electron chi connectivity index (χ1n) is 4.75. The van der Waals surface area contributed by atoms with Crippen LogP contribution in [-0.4, -0.2) is 5.78 Å². The minimum absolute atomic E-state index is 0.248. The van der Waals surface area contributed by atoms with E-state index in [4.69, 9.17) is 0 Å². The second-order valence-electron chi connectivity index (χ2n) is 4.82. The molecule has 2 unspecified atom stereocenters. The van der Waals surface area contributed by atoms with Crippen molar-refractivity contribution in [3.8, 4) is 0 Å². The van der Waals surface area contributed by atoms with Gasteiger partial charge in [0.05, 0.1) is 0 Å². The molecular weight excluding hydrogens is 148 g/mol. The van der Waals surface area contributed by atoms with Crippen molar-refractivity contribution in [2.75, 3.05) is 0 Å². The molecule has 2 bridgehead atoms. The van der Waals surface area contributed by atoms with Crippen molar-refractivity contribution in [3.05, 3.63) is 12.2 Å². The highest BCUT2D eigenvalue weighted by Crippen LogP contribution is 2.54. The van der Waals surface area contributed by atoms with Crippen LogP contribution >= 0.6 is 0 Å². The summed E-state index contributed by atoms with van der Waals surface area (Å²) in [5.41, 5.74) is 1.12. The molecule has 0 amide bonds. The van der Waals surface area contributed by atoms with E-state index < -0.39 is 0 Å². The summed E-state index contributed by atoms with van der Waals surface area (Å²) in [7, 11) is 0. The Kier molecular flexibility index (Phi) is 1.48. The summed E-state index contributed by atoms with van der Waals surface area (Å²) in [5.74, 6) is 1.34. The number of hydrogen-bond donors (Lipinski definition) is 0. The van der Waals surface area contributed by atoms with Crippen molar-refractivity contribution in [1.29, 1.82) is 0 Å². The minimum Gasteiger partial charge on any atom is -0.294 e. The molecule has 66 valence electrons. The number of Topliss-reactive ketones (excluding diaryl/α,β-unsaturated/α-hetero) is 1. The topological polar surface area (TPSA) is 17.1 Å². The van der Waals surface area contributed by atoms with Crippen molar-refractivity contribution in [3.63, 3.8) is 0 Å². The van der Waals surface area contributed by atoms with E-state index in [2.05, 4.69) is 20.4 Å². The van der Waals surface area contributed by atoms with Gasteiger partial charge in [-0.15, -0.1) is 0 Å². The molecule has 0 heterocycles. The largest absolute Gasteiger partial charge is 0.294 e. The van der Waals surface area contributed by atoms with Crippen molar-refractivity contribution in [2.24, 2.45) is 17.3 Å². The number of allylic oxidation sites excluding steroid dienone is 1. The molecular formula is C11H16O. The minimum atomic E-state index is 0.248. The average molecular weight is 164 g/mol. The standard InChI is InChI=1S/C11H16O/c1-7-6-8-4-5-9(10(7)12)11(8,2)3/h8-9H,1,4-6H2,2-3H3.